The van der Waals surface area contributed by atoms with E-state index < -0.39 is 29.3 Å². The number of aryl methyl sites for hydroxylation is 1. The molecule has 1 aliphatic heterocycles. The minimum absolute atomic E-state index is 0.0482. The number of aliphatic hydroxyl groups is 1. The number of Topliss-reactive ketones (excluding diaryl/α,β-unsaturated/α-hetero) is 1. The molecule has 1 amide bonds. The number of nitrogens with zero attached hydrogens (tertiary/aromatic N) is 3. The van der Waals surface area contributed by atoms with Crippen molar-refractivity contribution in [2.45, 2.75) is 13.0 Å². The molecule has 0 radical (unpaired) electrons. The summed E-state index contributed by atoms with van der Waals surface area (Å²) in [6.45, 7) is 1.71. The number of aliphatic hydroxyl groups excluding tert-OH is 1. The lowest BCUT2D eigenvalue weighted by Crippen LogP contribution is -2.29. The van der Waals surface area contributed by atoms with Gasteiger partial charge in [0.25, 0.3) is 5.78 Å². The van der Waals surface area contributed by atoms with Crippen molar-refractivity contribution in [3.8, 4) is 5.75 Å². The average molecular weight is 460 g/mol. The van der Waals surface area contributed by atoms with E-state index in [1.54, 1.807) is 31.2 Å². The number of aromatic nitrogens is 2. The van der Waals surface area contributed by atoms with Crippen LogP contribution in [0.4, 0.5) is 9.52 Å². The van der Waals surface area contributed by atoms with Crippen molar-refractivity contribution >= 4 is 45.5 Å². The molecule has 2 heterocycles. The van der Waals surface area contributed by atoms with Crippen LogP contribution in [0.25, 0.3) is 5.76 Å². The normalized spacial score (nSPS) is 17.9. The summed E-state index contributed by atoms with van der Waals surface area (Å²) in [6, 6.07) is 8.98. The van der Waals surface area contributed by atoms with Crippen molar-refractivity contribution < 1.29 is 23.8 Å². The zero-order valence-electron chi connectivity index (χ0n) is 16.3. The maximum Gasteiger partial charge on any atom is 0.301 e. The summed E-state index contributed by atoms with van der Waals surface area (Å²) in [6.07, 6.45) is 0. The second-order valence-corrected chi connectivity index (χ2v) is 8.27. The number of hydrogen-bond acceptors (Lipinski definition) is 7. The predicted octanol–water partition coefficient (Wildman–Crippen LogP) is 4.27. The van der Waals surface area contributed by atoms with Gasteiger partial charge in [-0.05, 0) is 42.8 Å². The summed E-state index contributed by atoms with van der Waals surface area (Å²) in [5.41, 5.74) is 0.241. The second-order valence-electron chi connectivity index (χ2n) is 6.67. The Morgan fingerprint density at radius 1 is 1.19 bits per heavy atom. The minimum Gasteiger partial charge on any atom is -0.507 e. The molecule has 1 N–H and O–H groups in total. The van der Waals surface area contributed by atoms with E-state index in [-0.39, 0.29) is 22.0 Å². The molecule has 1 fully saturated rings. The van der Waals surface area contributed by atoms with Gasteiger partial charge in [0.2, 0.25) is 5.13 Å². The molecule has 3 aromatic rings. The number of rotatable bonds is 4. The van der Waals surface area contributed by atoms with E-state index in [2.05, 4.69) is 10.2 Å². The Labute approximate surface area is 185 Å². The molecule has 1 aromatic heterocycles. The van der Waals surface area contributed by atoms with Crippen LogP contribution in [0.15, 0.2) is 48.0 Å². The van der Waals surface area contributed by atoms with Gasteiger partial charge in [-0.15, -0.1) is 10.2 Å². The predicted molar refractivity (Wildman–Crippen MR) is 114 cm³/mol. The fourth-order valence-electron chi connectivity index (χ4n) is 3.38. The summed E-state index contributed by atoms with van der Waals surface area (Å²) >= 11 is 7.12. The van der Waals surface area contributed by atoms with Crippen molar-refractivity contribution in [2.24, 2.45) is 0 Å². The number of halogens is 2. The lowest BCUT2D eigenvalue weighted by molar-refractivity contribution is -0.132. The molecular weight excluding hydrogens is 445 g/mol. The van der Waals surface area contributed by atoms with E-state index in [1.807, 2.05) is 0 Å². The fourth-order valence-corrected chi connectivity index (χ4v) is 4.22. The van der Waals surface area contributed by atoms with Crippen LogP contribution < -0.4 is 9.64 Å². The Hall–Kier alpha value is -3.30. The van der Waals surface area contributed by atoms with Gasteiger partial charge in [0.05, 0.1) is 24.3 Å². The van der Waals surface area contributed by atoms with Gasteiger partial charge in [0, 0.05) is 5.02 Å². The Bertz CT molecular complexity index is 1230. The number of benzene rings is 2. The number of carbonyl (C=O) groups is 2. The zero-order valence-corrected chi connectivity index (χ0v) is 17.9. The highest BCUT2D eigenvalue weighted by atomic mass is 35.5. The molecule has 2 aromatic carbocycles. The third kappa shape index (κ3) is 3.66. The smallest absolute Gasteiger partial charge is 0.301 e. The first-order valence-electron chi connectivity index (χ1n) is 9.02. The van der Waals surface area contributed by atoms with Gasteiger partial charge in [-0.25, -0.2) is 4.39 Å². The van der Waals surface area contributed by atoms with Crippen LogP contribution in [0.1, 0.15) is 22.2 Å². The van der Waals surface area contributed by atoms with Crippen LogP contribution >= 0.6 is 22.9 Å². The molecule has 1 saturated heterocycles. The largest absolute Gasteiger partial charge is 0.507 e. The number of ether oxygens (including phenoxy) is 1. The van der Waals surface area contributed by atoms with Crippen molar-refractivity contribution in [2.75, 3.05) is 12.0 Å². The molecule has 31 heavy (non-hydrogen) atoms. The first kappa shape index (κ1) is 21.0. The van der Waals surface area contributed by atoms with Crippen LogP contribution in [0.2, 0.25) is 5.02 Å². The first-order valence-corrected chi connectivity index (χ1v) is 10.2. The summed E-state index contributed by atoms with van der Waals surface area (Å²) in [5, 5.41) is 20.2. The van der Waals surface area contributed by atoms with Crippen molar-refractivity contribution in [3.63, 3.8) is 0 Å². The van der Waals surface area contributed by atoms with Crippen molar-refractivity contribution in [1.82, 2.24) is 10.2 Å². The Morgan fingerprint density at radius 3 is 2.52 bits per heavy atom. The highest BCUT2D eigenvalue weighted by Crippen LogP contribution is 2.44. The highest BCUT2D eigenvalue weighted by molar-refractivity contribution is 7.15. The van der Waals surface area contributed by atoms with Crippen LogP contribution in [0, 0.1) is 12.7 Å². The number of amides is 1. The van der Waals surface area contributed by atoms with Gasteiger partial charge in [-0.3, -0.25) is 14.5 Å². The van der Waals surface area contributed by atoms with Crippen LogP contribution in [0.5, 0.6) is 5.75 Å². The average Bonchev–Trinajstić information content (AvgIpc) is 3.29. The van der Waals surface area contributed by atoms with Crippen molar-refractivity contribution in [1.29, 1.82) is 0 Å². The Kier molecular flexibility index (Phi) is 5.47. The Balaban J connectivity index is 1.98. The van der Waals surface area contributed by atoms with Gasteiger partial charge < -0.3 is 9.84 Å². The van der Waals surface area contributed by atoms with E-state index in [0.717, 1.165) is 23.5 Å². The van der Waals surface area contributed by atoms with E-state index in [4.69, 9.17) is 16.3 Å². The highest BCUT2D eigenvalue weighted by Gasteiger charge is 2.48. The third-order valence-corrected chi connectivity index (χ3v) is 5.86. The monoisotopic (exact) mass is 459 g/mol. The third-order valence-electron chi connectivity index (χ3n) is 4.77. The molecule has 0 spiro atoms. The number of ketones is 1. The SMILES string of the molecule is COc1ccc(F)cc1C(O)=C1C(=O)C(=O)N(c2nnc(C)s2)C1c1ccc(Cl)cc1. The summed E-state index contributed by atoms with van der Waals surface area (Å²) in [7, 11) is 1.35. The number of carbonyl (C=O) groups excluding carboxylic acids is 2. The molecule has 0 aliphatic carbocycles. The summed E-state index contributed by atoms with van der Waals surface area (Å²) < 4.78 is 19.1. The lowest BCUT2D eigenvalue weighted by Gasteiger charge is -2.22. The molecule has 0 bridgehead atoms. The van der Waals surface area contributed by atoms with Gasteiger partial charge in [-0.1, -0.05) is 35.1 Å². The molecule has 1 unspecified atom stereocenters. The molecule has 10 heteroatoms. The standard InChI is InChI=1S/C21H15ClFN3O4S/c1-10-24-25-21(31-10)26-17(11-3-5-12(22)6-4-11)16(19(28)20(26)29)18(27)14-9-13(23)7-8-15(14)30-2/h3-9,17,27H,1-2H3. The summed E-state index contributed by atoms with van der Waals surface area (Å²) in [5.74, 6) is -2.87. The molecule has 158 valence electrons. The fraction of sp³-hybridized carbons (Fsp3) is 0.143. The molecule has 1 aliphatic rings. The van der Waals surface area contributed by atoms with Crippen molar-refractivity contribution in [3.05, 3.63) is 75.0 Å². The van der Waals surface area contributed by atoms with Crippen LogP contribution in [0.3, 0.4) is 0 Å². The number of anilines is 1. The van der Waals surface area contributed by atoms with E-state index in [9.17, 15) is 19.1 Å². The number of methoxy groups -OCH3 is 1. The van der Waals surface area contributed by atoms with Gasteiger partial charge in [0.15, 0.2) is 0 Å². The van der Waals surface area contributed by atoms with Gasteiger partial charge in [0.1, 0.15) is 22.3 Å². The maximum atomic E-state index is 13.9. The lowest BCUT2D eigenvalue weighted by atomic mass is 9.95. The van der Waals surface area contributed by atoms with E-state index in [1.165, 1.54) is 18.1 Å². The van der Waals surface area contributed by atoms with Crippen LogP contribution in [-0.2, 0) is 9.59 Å². The molecular formula is C21H15ClFN3O4S. The molecule has 4 rings (SSSR count). The van der Waals surface area contributed by atoms with E-state index >= 15 is 0 Å². The minimum atomic E-state index is -1.02. The van der Waals surface area contributed by atoms with Gasteiger partial charge >= 0.3 is 5.91 Å². The maximum absolute atomic E-state index is 13.9. The quantitative estimate of drug-likeness (QED) is 0.356. The zero-order chi connectivity index (χ0) is 22.3. The molecule has 7 nitrogen and oxygen atoms in total. The summed E-state index contributed by atoms with van der Waals surface area (Å²) in [4.78, 5) is 27.2. The Morgan fingerprint density at radius 2 is 1.90 bits per heavy atom. The second kappa shape index (κ2) is 8.09. The topological polar surface area (TPSA) is 92.6 Å². The number of hydrogen-bond donors (Lipinski definition) is 1. The van der Waals surface area contributed by atoms with E-state index in [0.29, 0.717) is 15.6 Å². The molecule has 1 atom stereocenters. The first-order chi connectivity index (χ1) is 14.8. The van der Waals surface area contributed by atoms with Crippen LogP contribution in [-0.4, -0.2) is 34.1 Å². The molecule has 0 saturated carbocycles. The van der Waals surface area contributed by atoms with Gasteiger partial charge in [-0.2, -0.15) is 0 Å².